The summed E-state index contributed by atoms with van der Waals surface area (Å²) in [5.41, 5.74) is 1.14. The summed E-state index contributed by atoms with van der Waals surface area (Å²) in [6.45, 7) is 2.75. The first-order valence-corrected chi connectivity index (χ1v) is 10.2. The highest BCUT2D eigenvalue weighted by Crippen LogP contribution is 2.25. The van der Waals surface area contributed by atoms with Gasteiger partial charge >= 0.3 is 0 Å². The highest BCUT2D eigenvalue weighted by atomic mass is 35.5. The maximum Gasteiger partial charge on any atom is 0.243 e. The highest BCUT2D eigenvalue weighted by Gasteiger charge is 2.21. The molecule has 0 spiro atoms. The normalized spacial score (nSPS) is 12.0. The number of benzene rings is 1. The Labute approximate surface area is 156 Å². The molecule has 0 aliphatic heterocycles. The molecule has 0 unspecified atom stereocenters. The van der Waals surface area contributed by atoms with Crippen molar-refractivity contribution < 1.29 is 12.8 Å². The predicted octanol–water partition coefficient (Wildman–Crippen LogP) is 4.11. The molecule has 138 valence electrons. The second-order valence-corrected chi connectivity index (χ2v) is 8.12. The molecule has 0 radical (unpaired) electrons. The fraction of sp³-hybridized carbons (Fsp3) is 0.278. The van der Waals surface area contributed by atoms with Gasteiger partial charge in [-0.05, 0) is 36.2 Å². The van der Waals surface area contributed by atoms with Crippen molar-refractivity contribution in [2.24, 2.45) is 0 Å². The second kappa shape index (κ2) is 7.73. The fourth-order valence-corrected chi connectivity index (χ4v) is 4.17. The van der Waals surface area contributed by atoms with Gasteiger partial charge in [0.1, 0.15) is 16.4 Å². The molecule has 3 aromatic rings. The maximum absolute atomic E-state index is 13.1. The lowest BCUT2D eigenvalue weighted by molar-refractivity contribution is 0.580. The standard InChI is InChI=1S/C18H19ClFN3O2S/c1-2-3-9-23-12-17(15-5-4-8-21-18(15)23)26(24,25)22-11-13-6-7-14(20)10-16(13)19/h4-8,10,12,22H,2-3,9,11H2,1H3. The molecule has 2 aromatic heterocycles. The molecule has 0 aliphatic carbocycles. The molecule has 26 heavy (non-hydrogen) atoms. The Morgan fingerprint density at radius 1 is 1.31 bits per heavy atom. The zero-order valence-corrected chi connectivity index (χ0v) is 15.8. The smallest absolute Gasteiger partial charge is 0.243 e. The number of unbranched alkanes of at least 4 members (excludes halogenated alkanes) is 1. The van der Waals surface area contributed by atoms with Crippen LogP contribution in [0.2, 0.25) is 5.02 Å². The molecule has 0 fully saturated rings. The van der Waals surface area contributed by atoms with Crippen molar-refractivity contribution >= 4 is 32.7 Å². The molecule has 0 saturated carbocycles. The number of sulfonamides is 1. The van der Waals surface area contributed by atoms with E-state index < -0.39 is 15.8 Å². The molecule has 0 aliphatic rings. The Kier molecular flexibility index (Phi) is 5.60. The van der Waals surface area contributed by atoms with Crippen LogP contribution in [-0.4, -0.2) is 18.0 Å². The van der Waals surface area contributed by atoms with Crippen molar-refractivity contribution in [3.63, 3.8) is 0 Å². The van der Waals surface area contributed by atoms with Crippen molar-refractivity contribution in [2.45, 2.75) is 37.8 Å². The van der Waals surface area contributed by atoms with Crippen LogP contribution in [0.4, 0.5) is 4.39 Å². The molecule has 0 amide bonds. The van der Waals surface area contributed by atoms with Gasteiger partial charge in [0.25, 0.3) is 0 Å². The average molecular weight is 396 g/mol. The largest absolute Gasteiger partial charge is 0.331 e. The van der Waals surface area contributed by atoms with Gasteiger partial charge < -0.3 is 4.57 Å². The fourth-order valence-electron chi connectivity index (χ4n) is 2.72. The summed E-state index contributed by atoms with van der Waals surface area (Å²) < 4.78 is 43.2. The first-order valence-electron chi connectivity index (χ1n) is 8.30. The lowest BCUT2D eigenvalue weighted by atomic mass is 10.2. The highest BCUT2D eigenvalue weighted by molar-refractivity contribution is 7.89. The second-order valence-electron chi connectivity index (χ2n) is 5.98. The van der Waals surface area contributed by atoms with Gasteiger partial charge in [-0.3, -0.25) is 0 Å². The van der Waals surface area contributed by atoms with Crippen molar-refractivity contribution in [2.75, 3.05) is 0 Å². The quantitative estimate of drug-likeness (QED) is 0.654. The number of fused-ring (bicyclic) bond motifs is 1. The van der Waals surface area contributed by atoms with Crippen LogP contribution in [0.5, 0.6) is 0 Å². The molecule has 1 N–H and O–H groups in total. The van der Waals surface area contributed by atoms with E-state index in [0.717, 1.165) is 18.9 Å². The van der Waals surface area contributed by atoms with Crippen molar-refractivity contribution in [3.8, 4) is 0 Å². The van der Waals surface area contributed by atoms with E-state index in [1.165, 1.54) is 12.1 Å². The average Bonchev–Trinajstić information content (AvgIpc) is 2.99. The van der Waals surface area contributed by atoms with Gasteiger partial charge in [-0.1, -0.05) is 31.0 Å². The van der Waals surface area contributed by atoms with E-state index in [1.807, 2.05) is 4.57 Å². The van der Waals surface area contributed by atoms with E-state index in [-0.39, 0.29) is 16.5 Å². The minimum atomic E-state index is -3.78. The molecular weight excluding hydrogens is 377 g/mol. The molecule has 0 saturated heterocycles. The zero-order valence-electron chi connectivity index (χ0n) is 14.2. The third-order valence-electron chi connectivity index (χ3n) is 4.11. The summed E-state index contributed by atoms with van der Waals surface area (Å²) in [7, 11) is -3.78. The van der Waals surface area contributed by atoms with Gasteiger partial charge in [0, 0.05) is 35.9 Å². The third kappa shape index (κ3) is 3.90. The topological polar surface area (TPSA) is 64.0 Å². The van der Waals surface area contributed by atoms with Crippen LogP contribution in [0.15, 0.2) is 47.6 Å². The van der Waals surface area contributed by atoms with Gasteiger partial charge in [0.15, 0.2) is 0 Å². The summed E-state index contributed by atoms with van der Waals surface area (Å²) in [4.78, 5) is 4.49. The molecule has 1 aromatic carbocycles. The molecule has 8 heteroatoms. The maximum atomic E-state index is 13.1. The lowest BCUT2D eigenvalue weighted by Crippen LogP contribution is -2.23. The number of pyridine rings is 1. The Hall–Kier alpha value is -1.96. The Balaban J connectivity index is 1.91. The van der Waals surface area contributed by atoms with Gasteiger partial charge in [0.05, 0.1) is 0 Å². The van der Waals surface area contributed by atoms with E-state index in [0.29, 0.717) is 23.1 Å². The number of hydrogen-bond donors (Lipinski definition) is 1. The Morgan fingerprint density at radius 2 is 2.12 bits per heavy atom. The van der Waals surface area contributed by atoms with E-state index in [2.05, 4.69) is 16.6 Å². The number of aromatic nitrogens is 2. The lowest BCUT2D eigenvalue weighted by Gasteiger charge is -2.07. The number of rotatable bonds is 7. The van der Waals surface area contributed by atoms with Gasteiger partial charge in [-0.15, -0.1) is 0 Å². The summed E-state index contributed by atoms with van der Waals surface area (Å²) >= 11 is 5.97. The van der Waals surface area contributed by atoms with Crippen LogP contribution in [0.1, 0.15) is 25.3 Å². The first-order chi connectivity index (χ1) is 12.4. The number of hydrogen-bond acceptors (Lipinski definition) is 3. The Bertz CT molecular complexity index is 1030. The molecular formula is C18H19ClFN3O2S. The summed E-state index contributed by atoms with van der Waals surface area (Å²) in [6.07, 6.45) is 5.18. The molecule has 3 rings (SSSR count). The third-order valence-corrected chi connectivity index (χ3v) is 5.89. The first kappa shape index (κ1) is 18.8. The summed E-state index contributed by atoms with van der Waals surface area (Å²) in [5.74, 6) is -0.466. The van der Waals surface area contributed by atoms with Crippen LogP contribution in [0.3, 0.4) is 0 Å². The number of nitrogens with one attached hydrogen (secondary N) is 1. The van der Waals surface area contributed by atoms with Gasteiger partial charge in [-0.25, -0.2) is 22.5 Å². The number of halogens is 2. The van der Waals surface area contributed by atoms with Crippen molar-refractivity contribution in [3.05, 3.63) is 59.1 Å². The monoisotopic (exact) mass is 395 g/mol. The Morgan fingerprint density at radius 3 is 2.85 bits per heavy atom. The minimum Gasteiger partial charge on any atom is -0.331 e. The van der Waals surface area contributed by atoms with Crippen LogP contribution in [0, 0.1) is 5.82 Å². The zero-order chi connectivity index (χ0) is 18.7. The molecule has 0 bridgehead atoms. The van der Waals surface area contributed by atoms with Crippen LogP contribution < -0.4 is 4.72 Å². The number of aryl methyl sites for hydroxylation is 1. The van der Waals surface area contributed by atoms with Crippen LogP contribution >= 0.6 is 11.6 Å². The van der Waals surface area contributed by atoms with Crippen LogP contribution in [-0.2, 0) is 23.1 Å². The van der Waals surface area contributed by atoms with E-state index >= 15 is 0 Å². The van der Waals surface area contributed by atoms with E-state index in [9.17, 15) is 12.8 Å². The SMILES string of the molecule is CCCCn1cc(S(=O)(=O)NCc2ccc(F)cc2Cl)c2cccnc21. The van der Waals surface area contributed by atoms with Crippen molar-refractivity contribution in [1.29, 1.82) is 0 Å². The minimum absolute atomic E-state index is 0.0245. The van der Waals surface area contributed by atoms with Crippen molar-refractivity contribution in [1.82, 2.24) is 14.3 Å². The van der Waals surface area contributed by atoms with Gasteiger partial charge in [-0.2, -0.15) is 0 Å². The molecule has 2 heterocycles. The summed E-state index contributed by atoms with van der Waals surface area (Å²) in [5, 5.41) is 0.751. The number of nitrogens with zero attached hydrogens (tertiary/aromatic N) is 2. The summed E-state index contributed by atoms with van der Waals surface area (Å²) in [6, 6.07) is 7.32. The van der Waals surface area contributed by atoms with Gasteiger partial charge in [0.2, 0.25) is 10.0 Å². The van der Waals surface area contributed by atoms with Crippen LogP contribution in [0.25, 0.3) is 11.0 Å². The molecule has 5 nitrogen and oxygen atoms in total. The van der Waals surface area contributed by atoms with E-state index in [1.54, 1.807) is 24.5 Å². The predicted molar refractivity (Wildman–Crippen MR) is 100 cm³/mol. The molecule has 0 atom stereocenters. The van der Waals surface area contributed by atoms with E-state index in [4.69, 9.17) is 11.6 Å².